The van der Waals surface area contributed by atoms with Crippen molar-refractivity contribution in [1.82, 2.24) is 0 Å². The fourth-order valence-electron chi connectivity index (χ4n) is 1.61. The molecule has 18 heavy (non-hydrogen) atoms. The molecule has 0 unspecified atom stereocenters. The van der Waals surface area contributed by atoms with E-state index in [1.165, 1.54) is 0 Å². The first kappa shape index (κ1) is 15.3. The molecular formula is C13H14ClIN2O. The van der Waals surface area contributed by atoms with Crippen LogP contribution in [0.4, 0.5) is 5.69 Å². The van der Waals surface area contributed by atoms with Gasteiger partial charge in [-0.1, -0.05) is 25.4 Å². The lowest BCUT2D eigenvalue weighted by Crippen LogP contribution is -2.34. The van der Waals surface area contributed by atoms with Gasteiger partial charge in [0.15, 0.2) is 0 Å². The Morgan fingerprint density at radius 2 is 2.11 bits per heavy atom. The average molecular weight is 377 g/mol. The molecule has 0 aliphatic carbocycles. The third-order valence-corrected chi connectivity index (χ3v) is 4.16. The van der Waals surface area contributed by atoms with Gasteiger partial charge in [-0.05, 0) is 53.6 Å². The van der Waals surface area contributed by atoms with Crippen molar-refractivity contribution < 1.29 is 4.79 Å². The maximum Gasteiger partial charge on any atom is 0.244 e. The monoisotopic (exact) mass is 376 g/mol. The highest BCUT2D eigenvalue weighted by atomic mass is 127. The molecule has 0 radical (unpaired) electrons. The maximum absolute atomic E-state index is 12.2. The first-order chi connectivity index (χ1) is 8.49. The second-order valence-corrected chi connectivity index (χ2v) is 5.58. The van der Waals surface area contributed by atoms with Gasteiger partial charge >= 0.3 is 0 Å². The van der Waals surface area contributed by atoms with E-state index >= 15 is 0 Å². The number of carbonyl (C=O) groups is 1. The standard InChI is InChI=1S/C13H14ClIN2O/c1-3-13(4-2,8-16)12(18)17-11-6-5-9(14)7-10(11)15/h5-7H,3-4H2,1-2H3,(H,17,18). The Hall–Kier alpha value is -0.800. The van der Waals surface area contributed by atoms with E-state index in [2.05, 4.69) is 34.0 Å². The Kier molecular flexibility index (Phi) is 5.42. The first-order valence-electron chi connectivity index (χ1n) is 5.67. The number of nitrogens with one attached hydrogen (secondary N) is 1. The quantitative estimate of drug-likeness (QED) is 0.800. The highest BCUT2D eigenvalue weighted by Gasteiger charge is 2.35. The molecule has 3 nitrogen and oxygen atoms in total. The Bertz CT molecular complexity index is 492. The smallest absolute Gasteiger partial charge is 0.244 e. The number of amides is 1. The van der Waals surface area contributed by atoms with Gasteiger partial charge in [-0.2, -0.15) is 5.26 Å². The molecule has 1 rings (SSSR count). The van der Waals surface area contributed by atoms with Crippen LogP contribution in [0, 0.1) is 20.3 Å². The summed E-state index contributed by atoms with van der Waals surface area (Å²) >= 11 is 7.96. The lowest BCUT2D eigenvalue weighted by atomic mass is 9.83. The first-order valence-corrected chi connectivity index (χ1v) is 7.12. The molecule has 1 amide bonds. The van der Waals surface area contributed by atoms with Gasteiger partial charge in [0.05, 0.1) is 11.8 Å². The molecule has 96 valence electrons. The van der Waals surface area contributed by atoms with E-state index in [1.807, 2.05) is 13.8 Å². The number of hydrogen-bond donors (Lipinski definition) is 1. The minimum Gasteiger partial charge on any atom is -0.324 e. The van der Waals surface area contributed by atoms with Crippen LogP contribution in [0.25, 0.3) is 0 Å². The fourth-order valence-corrected chi connectivity index (χ4v) is 2.62. The maximum atomic E-state index is 12.2. The lowest BCUT2D eigenvalue weighted by Gasteiger charge is -2.22. The molecule has 0 spiro atoms. The number of halogens is 2. The minimum absolute atomic E-state index is 0.254. The van der Waals surface area contributed by atoms with Gasteiger partial charge in [-0.3, -0.25) is 4.79 Å². The summed E-state index contributed by atoms with van der Waals surface area (Å²) in [5.74, 6) is -0.254. The van der Waals surface area contributed by atoms with E-state index < -0.39 is 5.41 Å². The molecule has 1 aromatic carbocycles. The third kappa shape index (κ3) is 3.15. The Morgan fingerprint density at radius 1 is 1.50 bits per heavy atom. The number of rotatable bonds is 4. The number of carbonyl (C=O) groups excluding carboxylic acids is 1. The summed E-state index contributed by atoms with van der Waals surface area (Å²) in [6, 6.07) is 7.35. The van der Waals surface area contributed by atoms with Crippen molar-refractivity contribution in [3.05, 3.63) is 26.8 Å². The number of anilines is 1. The molecule has 0 saturated carbocycles. The second kappa shape index (κ2) is 6.39. The lowest BCUT2D eigenvalue weighted by molar-refractivity contribution is -0.123. The zero-order chi connectivity index (χ0) is 13.8. The summed E-state index contributed by atoms with van der Waals surface area (Å²) in [5, 5.41) is 12.6. The summed E-state index contributed by atoms with van der Waals surface area (Å²) in [7, 11) is 0. The van der Waals surface area contributed by atoms with E-state index in [1.54, 1.807) is 18.2 Å². The van der Waals surface area contributed by atoms with Crippen LogP contribution in [0.3, 0.4) is 0 Å². The predicted molar refractivity (Wildman–Crippen MR) is 81.4 cm³/mol. The summed E-state index contributed by atoms with van der Waals surface area (Å²) in [6.07, 6.45) is 0.992. The van der Waals surface area contributed by atoms with Gasteiger partial charge in [0.1, 0.15) is 5.41 Å². The van der Waals surface area contributed by atoms with Crippen LogP contribution < -0.4 is 5.32 Å². The van der Waals surface area contributed by atoms with Crippen LogP contribution in [-0.2, 0) is 4.79 Å². The molecule has 5 heteroatoms. The molecule has 0 aromatic heterocycles. The zero-order valence-electron chi connectivity index (χ0n) is 10.3. The number of nitrogens with zero attached hydrogens (tertiary/aromatic N) is 1. The number of benzene rings is 1. The minimum atomic E-state index is -0.956. The summed E-state index contributed by atoms with van der Waals surface area (Å²) in [4.78, 5) is 12.2. The van der Waals surface area contributed by atoms with Crippen LogP contribution in [-0.4, -0.2) is 5.91 Å². The molecule has 0 aliphatic heterocycles. The van der Waals surface area contributed by atoms with Crippen LogP contribution in [0.1, 0.15) is 26.7 Å². The predicted octanol–water partition coefficient (Wildman–Crippen LogP) is 4.21. The van der Waals surface area contributed by atoms with Crippen molar-refractivity contribution in [1.29, 1.82) is 5.26 Å². The van der Waals surface area contributed by atoms with Crippen molar-refractivity contribution in [2.24, 2.45) is 5.41 Å². The highest BCUT2D eigenvalue weighted by molar-refractivity contribution is 14.1. The summed E-state index contributed by atoms with van der Waals surface area (Å²) < 4.78 is 0.854. The van der Waals surface area contributed by atoms with Crippen LogP contribution in [0.5, 0.6) is 0 Å². The van der Waals surface area contributed by atoms with Crippen LogP contribution in [0.15, 0.2) is 18.2 Å². The van der Waals surface area contributed by atoms with Crippen molar-refractivity contribution >= 4 is 45.8 Å². The van der Waals surface area contributed by atoms with E-state index in [0.29, 0.717) is 23.6 Å². The zero-order valence-corrected chi connectivity index (χ0v) is 13.2. The van der Waals surface area contributed by atoms with E-state index in [0.717, 1.165) is 3.57 Å². The largest absolute Gasteiger partial charge is 0.324 e. The molecule has 1 aromatic rings. The number of hydrogen-bond acceptors (Lipinski definition) is 2. The molecule has 0 saturated heterocycles. The Morgan fingerprint density at radius 3 is 2.56 bits per heavy atom. The van der Waals surface area contributed by atoms with Gasteiger partial charge in [0.25, 0.3) is 0 Å². The molecule has 1 N–H and O–H groups in total. The molecule has 0 heterocycles. The SMILES string of the molecule is CCC(C#N)(CC)C(=O)Nc1ccc(Cl)cc1I. The normalized spacial score (nSPS) is 10.8. The average Bonchev–Trinajstić information content (AvgIpc) is 2.36. The molecule has 0 bridgehead atoms. The van der Waals surface area contributed by atoms with Crippen molar-refractivity contribution in [2.75, 3.05) is 5.32 Å². The highest BCUT2D eigenvalue weighted by Crippen LogP contribution is 2.29. The second-order valence-electron chi connectivity index (χ2n) is 3.98. The molecular weight excluding hydrogens is 363 g/mol. The van der Waals surface area contributed by atoms with Crippen LogP contribution >= 0.6 is 34.2 Å². The van der Waals surface area contributed by atoms with E-state index in [4.69, 9.17) is 11.6 Å². The Labute approximate surface area is 126 Å². The van der Waals surface area contributed by atoms with Gasteiger partial charge in [0.2, 0.25) is 5.91 Å². The molecule has 0 atom stereocenters. The fraction of sp³-hybridized carbons (Fsp3) is 0.385. The van der Waals surface area contributed by atoms with Crippen molar-refractivity contribution in [3.8, 4) is 6.07 Å². The van der Waals surface area contributed by atoms with Gasteiger partial charge in [0, 0.05) is 8.59 Å². The van der Waals surface area contributed by atoms with E-state index in [-0.39, 0.29) is 5.91 Å². The van der Waals surface area contributed by atoms with Crippen molar-refractivity contribution in [3.63, 3.8) is 0 Å². The summed E-state index contributed by atoms with van der Waals surface area (Å²) in [6.45, 7) is 3.69. The topological polar surface area (TPSA) is 52.9 Å². The Balaban J connectivity index is 2.97. The van der Waals surface area contributed by atoms with Gasteiger partial charge in [-0.25, -0.2) is 0 Å². The molecule has 0 aliphatic rings. The number of nitriles is 1. The van der Waals surface area contributed by atoms with Gasteiger partial charge < -0.3 is 5.32 Å². The van der Waals surface area contributed by atoms with E-state index in [9.17, 15) is 10.1 Å². The van der Waals surface area contributed by atoms with Crippen molar-refractivity contribution in [2.45, 2.75) is 26.7 Å². The summed E-state index contributed by atoms with van der Waals surface area (Å²) in [5.41, 5.74) is -0.269. The molecule has 0 fully saturated rings. The van der Waals surface area contributed by atoms with Gasteiger partial charge in [-0.15, -0.1) is 0 Å². The van der Waals surface area contributed by atoms with Crippen LogP contribution in [0.2, 0.25) is 5.02 Å². The third-order valence-electron chi connectivity index (χ3n) is 3.04.